The minimum absolute atomic E-state index is 0.454. The highest BCUT2D eigenvalue weighted by Gasteiger charge is 2.43. The van der Waals surface area contributed by atoms with Gasteiger partial charge in [0.1, 0.15) is 5.75 Å². The summed E-state index contributed by atoms with van der Waals surface area (Å²) in [6.45, 7) is 4.90. The molecule has 0 radical (unpaired) electrons. The van der Waals surface area contributed by atoms with Gasteiger partial charge in [0.2, 0.25) is 0 Å². The van der Waals surface area contributed by atoms with Crippen molar-refractivity contribution in [2.24, 2.45) is 5.92 Å². The molecule has 1 atom stereocenters. The lowest BCUT2D eigenvalue weighted by atomic mass is 9.86. The van der Waals surface area contributed by atoms with Crippen molar-refractivity contribution in [2.75, 3.05) is 6.61 Å². The van der Waals surface area contributed by atoms with E-state index in [-0.39, 0.29) is 0 Å². The van der Waals surface area contributed by atoms with Gasteiger partial charge in [0, 0.05) is 0 Å². The van der Waals surface area contributed by atoms with E-state index in [4.69, 9.17) is 4.74 Å². The molecule has 1 saturated carbocycles. The fourth-order valence-electron chi connectivity index (χ4n) is 2.35. The van der Waals surface area contributed by atoms with Crippen LogP contribution in [0.5, 0.6) is 5.75 Å². The average molecular weight is 234 g/mol. The maximum Gasteiger partial charge on any atom is 0.119 e. The SMILES string of the molecule is CCCOc1ccc(C(O)(CC)C2CC2)cc1. The summed E-state index contributed by atoms with van der Waals surface area (Å²) in [4.78, 5) is 0. The van der Waals surface area contributed by atoms with Crippen LogP contribution in [0.1, 0.15) is 45.1 Å². The van der Waals surface area contributed by atoms with Crippen molar-refractivity contribution in [3.8, 4) is 5.75 Å². The molecule has 94 valence electrons. The molecule has 0 amide bonds. The van der Waals surface area contributed by atoms with Crippen LogP contribution in [0.4, 0.5) is 0 Å². The fourth-order valence-corrected chi connectivity index (χ4v) is 2.35. The average Bonchev–Trinajstić information content (AvgIpc) is 3.20. The Hall–Kier alpha value is -1.02. The van der Waals surface area contributed by atoms with Gasteiger partial charge in [0.05, 0.1) is 12.2 Å². The van der Waals surface area contributed by atoms with Crippen LogP contribution < -0.4 is 4.74 Å². The van der Waals surface area contributed by atoms with Gasteiger partial charge in [-0.05, 0) is 49.3 Å². The highest BCUT2D eigenvalue weighted by atomic mass is 16.5. The molecule has 17 heavy (non-hydrogen) atoms. The second-order valence-corrected chi connectivity index (χ2v) is 4.92. The number of rotatable bonds is 6. The van der Waals surface area contributed by atoms with E-state index in [2.05, 4.69) is 13.8 Å². The Kier molecular flexibility index (Phi) is 3.72. The Morgan fingerprint density at radius 2 is 1.88 bits per heavy atom. The molecule has 1 aromatic carbocycles. The van der Waals surface area contributed by atoms with E-state index in [1.54, 1.807) is 0 Å². The molecule has 0 spiro atoms. The summed E-state index contributed by atoms with van der Waals surface area (Å²) in [5, 5.41) is 10.7. The predicted octanol–water partition coefficient (Wildman–Crippen LogP) is 3.48. The van der Waals surface area contributed by atoms with Gasteiger partial charge in [-0.2, -0.15) is 0 Å². The fraction of sp³-hybridized carbons (Fsp3) is 0.600. The molecule has 1 N–H and O–H groups in total. The molecule has 1 aliphatic carbocycles. The van der Waals surface area contributed by atoms with Gasteiger partial charge in [-0.25, -0.2) is 0 Å². The van der Waals surface area contributed by atoms with E-state index < -0.39 is 5.60 Å². The van der Waals surface area contributed by atoms with Crippen LogP contribution in [0.25, 0.3) is 0 Å². The highest BCUT2D eigenvalue weighted by Crippen LogP contribution is 2.47. The number of benzene rings is 1. The molecule has 2 rings (SSSR count). The summed E-state index contributed by atoms with van der Waals surface area (Å²) < 4.78 is 5.55. The van der Waals surface area contributed by atoms with Crippen LogP contribution in [0, 0.1) is 5.92 Å². The first-order chi connectivity index (χ1) is 8.20. The molecule has 1 fully saturated rings. The molecule has 1 unspecified atom stereocenters. The molecule has 1 aliphatic rings. The van der Waals surface area contributed by atoms with Crippen molar-refractivity contribution in [1.29, 1.82) is 0 Å². The second-order valence-electron chi connectivity index (χ2n) is 4.92. The van der Waals surface area contributed by atoms with E-state index in [0.717, 1.165) is 43.6 Å². The minimum atomic E-state index is -0.622. The maximum atomic E-state index is 10.7. The Balaban J connectivity index is 2.10. The molecule has 2 nitrogen and oxygen atoms in total. The Morgan fingerprint density at radius 1 is 1.24 bits per heavy atom. The van der Waals surface area contributed by atoms with E-state index in [0.29, 0.717) is 5.92 Å². The molecule has 1 aromatic rings. The van der Waals surface area contributed by atoms with Crippen molar-refractivity contribution in [1.82, 2.24) is 0 Å². The zero-order valence-electron chi connectivity index (χ0n) is 10.8. The lowest BCUT2D eigenvalue weighted by molar-refractivity contribution is 0.00886. The van der Waals surface area contributed by atoms with Crippen LogP contribution in [-0.4, -0.2) is 11.7 Å². The third-order valence-electron chi connectivity index (χ3n) is 3.62. The zero-order chi connectivity index (χ0) is 12.3. The quantitative estimate of drug-likeness (QED) is 0.816. The molecule has 0 heterocycles. The van der Waals surface area contributed by atoms with Crippen LogP contribution in [-0.2, 0) is 5.60 Å². The summed E-state index contributed by atoms with van der Waals surface area (Å²) in [6.07, 6.45) is 4.10. The van der Waals surface area contributed by atoms with Crippen LogP contribution in [0.3, 0.4) is 0 Å². The summed E-state index contributed by atoms with van der Waals surface area (Å²) in [5.74, 6) is 1.35. The Morgan fingerprint density at radius 3 is 2.35 bits per heavy atom. The number of ether oxygens (including phenoxy) is 1. The summed E-state index contributed by atoms with van der Waals surface area (Å²) in [6, 6.07) is 7.95. The van der Waals surface area contributed by atoms with E-state index in [1.807, 2.05) is 24.3 Å². The lowest BCUT2D eigenvalue weighted by Gasteiger charge is -2.27. The van der Waals surface area contributed by atoms with E-state index in [1.165, 1.54) is 0 Å². The van der Waals surface area contributed by atoms with Gasteiger partial charge < -0.3 is 9.84 Å². The Bertz CT molecular complexity index is 354. The first-order valence-corrected chi connectivity index (χ1v) is 6.66. The van der Waals surface area contributed by atoms with Crippen molar-refractivity contribution < 1.29 is 9.84 Å². The molecular formula is C15H22O2. The topological polar surface area (TPSA) is 29.5 Å². The van der Waals surface area contributed by atoms with Crippen molar-refractivity contribution in [3.05, 3.63) is 29.8 Å². The van der Waals surface area contributed by atoms with Crippen molar-refractivity contribution in [2.45, 2.75) is 45.1 Å². The van der Waals surface area contributed by atoms with Gasteiger partial charge in [-0.1, -0.05) is 26.0 Å². The monoisotopic (exact) mass is 234 g/mol. The van der Waals surface area contributed by atoms with Gasteiger partial charge in [-0.15, -0.1) is 0 Å². The van der Waals surface area contributed by atoms with Crippen LogP contribution in [0.2, 0.25) is 0 Å². The Labute approximate surface area is 104 Å². The first-order valence-electron chi connectivity index (χ1n) is 6.66. The minimum Gasteiger partial charge on any atom is -0.494 e. The lowest BCUT2D eigenvalue weighted by Crippen LogP contribution is -2.27. The van der Waals surface area contributed by atoms with Gasteiger partial charge in [0.15, 0.2) is 0 Å². The number of hydrogen-bond acceptors (Lipinski definition) is 2. The molecule has 0 aromatic heterocycles. The smallest absolute Gasteiger partial charge is 0.119 e. The third-order valence-corrected chi connectivity index (χ3v) is 3.62. The predicted molar refractivity (Wildman–Crippen MR) is 69.1 cm³/mol. The number of hydrogen-bond donors (Lipinski definition) is 1. The highest BCUT2D eigenvalue weighted by molar-refractivity contribution is 5.32. The standard InChI is InChI=1S/C15H22O2/c1-3-11-17-14-9-7-13(8-10-14)15(16,4-2)12-5-6-12/h7-10,12,16H,3-6,11H2,1-2H3. The maximum absolute atomic E-state index is 10.7. The van der Waals surface area contributed by atoms with Gasteiger partial charge >= 0.3 is 0 Å². The second kappa shape index (κ2) is 5.09. The van der Waals surface area contributed by atoms with E-state index in [9.17, 15) is 5.11 Å². The van der Waals surface area contributed by atoms with Gasteiger partial charge in [-0.3, -0.25) is 0 Å². The molecule has 0 aliphatic heterocycles. The first kappa shape index (κ1) is 12.4. The van der Waals surface area contributed by atoms with E-state index >= 15 is 0 Å². The van der Waals surface area contributed by atoms with Gasteiger partial charge in [0.25, 0.3) is 0 Å². The molecule has 0 saturated heterocycles. The summed E-state index contributed by atoms with van der Waals surface area (Å²) >= 11 is 0. The molecule has 2 heteroatoms. The number of aliphatic hydroxyl groups is 1. The zero-order valence-corrected chi connectivity index (χ0v) is 10.8. The molecule has 0 bridgehead atoms. The van der Waals surface area contributed by atoms with Crippen LogP contribution >= 0.6 is 0 Å². The van der Waals surface area contributed by atoms with Crippen LogP contribution in [0.15, 0.2) is 24.3 Å². The summed E-state index contributed by atoms with van der Waals surface area (Å²) in [5.41, 5.74) is 0.412. The largest absolute Gasteiger partial charge is 0.494 e. The van der Waals surface area contributed by atoms with Crippen molar-refractivity contribution in [3.63, 3.8) is 0 Å². The molecular weight excluding hydrogens is 212 g/mol. The summed E-state index contributed by atoms with van der Waals surface area (Å²) in [7, 11) is 0. The van der Waals surface area contributed by atoms with Crippen molar-refractivity contribution >= 4 is 0 Å². The third kappa shape index (κ3) is 2.63. The normalized spacial score (nSPS) is 18.8.